The highest BCUT2D eigenvalue weighted by Gasteiger charge is 2.05. The van der Waals surface area contributed by atoms with Gasteiger partial charge in [0, 0.05) is 17.3 Å². The normalized spacial score (nSPS) is 10.6. The number of nitrogens with zero attached hydrogens (tertiary/aromatic N) is 2. The Morgan fingerprint density at radius 3 is 2.94 bits per heavy atom. The van der Waals surface area contributed by atoms with E-state index < -0.39 is 0 Å². The maximum Gasteiger partial charge on any atom is 0.206 e. The van der Waals surface area contributed by atoms with Crippen molar-refractivity contribution in [1.29, 1.82) is 0 Å². The zero-order chi connectivity index (χ0) is 12.8. The van der Waals surface area contributed by atoms with Crippen molar-refractivity contribution in [2.24, 2.45) is 0 Å². The summed E-state index contributed by atoms with van der Waals surface area (Å²) >= 11 is 9.42. The van der Waals surface area contributed by atoms with Gasteiger partial charge in [-0.1, -0.05) is 59.8 Å². The molecule has 0 aliphatic carbocycles. The van der Waals surface area contributed by atoms with Crippen LogP contribution in [0.3, 0.4) is 0 Å². The van der Waals surface area contributed by atoms with E-state index in [1.54, 1.807) is 23.1 Å². The van der Waals surface area contributed by atoms with E-state index in [9.17, 15) is 0 Å². The fourth-order valence-electron chi connectivity index (χ4n) is 1.34. The van der Waals surface area contributed by atoms with E-state index in [1.807, 2.05) is 24.3 Å². The topological polar surface area (TPSA) is 37.8 Å². The summed E-state index contributed by atoms with van der Waals surface area (Å²) < 4.78 is 1.01. The molecule has 0 spiro atoms. The van der Waals surface area contributed by atoms with Gasteiger partial charge in [-0.3, -0.25) is 0 Å². The molecule has 2 aromatic rings. The zero-order valence-electron chi connectivity index (χ0n) is 10.0. The fourth-order valence-corrected chi connectivity index (χ4v) is 3.22. The molecule has 0 radical (unpaired) electrons. The summed E-state index contributed by atoms with van der Waals surface area (Å²) in [6.45, 7) is 2.83. The Morgan fingerprint density at radius 2 is 2.17 bits per heavy atom. The van der Waals surface area contributed by atoms with Gasteiger partial charge in [0.05, 0.1) is 0 Å². The van der Waals surface area contributed by atoms with Crippen LogP contribution in [0.1, 0.15) is 18.9 Å². The van der Waals surface area contributed by atoms with Crippen LogP contribution in [0.5, 0.6) is 0 Å². The Hall–Kier alpha value is -0.780. The van der Waals surface area contributed by atoms with Crippen LogP contribution in [0.2, 0.25) is 5.02 Å². The third-order valence-electron chi connectivity index (χ3n) is 2.22. The molecular formula is C12H14ClN3S2. The highest BCUT2D eigenvalue weighted by atomic mass is 35.5. The van der Waals surface area contributed by atoms with E-state index in [1.165, 1.54) is 0 Å². The maximum atomic E-state index is 6.09. The second-order valence-electron chi connectivity index (χ2n) is 3.67. The molecule has 96 valence electrons. The second-order valence-corrected chi connectivity index (χ2v) is 6.39. The summed E-state index contributed by atoms with van der Waals surface area (Å²) in [5.41, 5.74) is 1.07. The molecule has 1 N–H and O–H groups in total. The maximum absolute atomic E-state index is 6.09. The van der Waals surface area contributed by atoms with Gasteiger partial charge < -0.3 is 5.32 Å². The molecule has 0 fully saturated rings. The molecule has 0 aliphatic heterocycles. The summed E-state index contributed by atoms with van der Waals surface area (Å²) in [5, 5.41) is 13.1. The minimum absolute atomic E-state index is 0.673. The average molecular weight is 300 g/mol. The van der Waals surface area contributed by atoms with Crippen LogP contribution in [0.25, 0.3) is 0 Å². The van der Waals surface area contributed by atoms with Crippen LogP contribution < -0.4 is 5.32 Å². The van der Waals surface area contributed by atoms with Gasteiger partial charge in [-0.2, -0.15) is 0 Å². The lowest BCUT2D eigenvalue weighted by atomic mass is 10.2. The third kappa shape index (κ3) is 3.86. The Bertz CT molecular complexity index is 502. The first-order chi connectivity index (χ1) is 8.79. The van der Waals surface area contributed by atoms with Crippen LogP contribution in [-0.2, 0) is 6.54 Å². The third-order valence-corrected chi connectivity index (χ3v) is 4.81. The quantitative estimate of drug-likeness (QED) is 0.807. The van der Waals surface area contributed by atoms with Gasteiger partial charge >= 0.3 is 0 Å². The van der Waals surface area contributed by atoms with E-state index in [0.717, 1.165) is 32.2 Å². The largest absolute Gasteiger partial charge is 0.356 e. The predicted octanol–water partition coefficient (Wildman–Crippen LogP) is 4.31. The molecular weight excluding hydrogens is 286 g/mol. The molecule has 0 aliphatic rings. The summed E-state index contributed by atoms with van der Waals surface area (Å²) in [6, 6.07) is 7.80. The molecule has 1 heterocycles. The van der Waals surface area contributed by atoms with Gasteiger partial charge in [0.15, 0.2) is 4.34 Å². The average Bonchev–Trinajstić information content (AvgIpc) is 2.83. The SMILES string of the molecule is CCCSc1nnc(NCc2ccccc2Cl)s1. The molecule has 0 saturated heterocycles. The Kier molecular flexibility index (Phi) is 5.28. The number of hydrogen-bond acceptors (Lipinski definition) is 5. The van der Waals surface area contributed by atoms with Crippen LogP contribution >= 0.6 is 34.7 Å². The second kappa shape index (κ2) is 6.97. The number of anilines is 1. The van der Waals surface area contributed by atoms with Gasteiger partial charge in [-0.05, 0) is 18.1 Å². The summed E-state index contributed by atoms with van der Waals surface area (Å²) in [4.78, 5) is 0. The molecule has 3 nitrogen and oxygen atoms in total. The summed E-state index contributed by atoms with van der Waals surface area (Å²) in [6.07, 6.45) is 1.15. The number of benzene rings is 1. The Morgan fingerprint density at radius 1 is 1.33 bits per heavy atom. The lowest BCUT2D eigenvalue weighted by Gasteiger charge is -2.03. The summed E-state index contributed by atoms with van der Waals surface area (Å²) in [7, 11) is 0. The molecule has 0 bridgehead atoms. The van der Waals surface area contributed by atoms with Gasteiger partial charge in [-0.25, -0.2) is 0 Å². The standard InChI is InChI=1S/C12H14ClN3S2/c1-2-7-17-12-16-15-11(18-12)14-8-9-5-3-4-6-10(9)13/h3-6H,2,7-8H2,1H3,(H,14,15). The first-order valence-corrected chi connectivity index (χ1v) is 7.91. The number of nitrogens with one attached hydrogen (secondary N) is 1. The van der Waals surface area contributed by atoms with Crippen molar-refractivity contribution < 1.29 is 0 Å². The molecule has 0 unspecified atom stereocenters. The van der Waals surface area contributed by atoms with Crippen molar-refractivity contribution in [2.45, 2.75) is 24.2 Å². The summed E-state index contributed by atoms with van der Waals surface area (Å²) in [5.74, 6) is 1.08. The number of rotatable bonds is 6. The molecule has 0 atom stereocenters. The smallest absolute Gasteiger partial charge is 0.206 e. The van der Waals surface area contributed by atoms with Gasteiger partial charge in [-0.15, -0.1) is 10.2 Å². The molecule has 18 heavy (non-hydrogen) atoms. The van der Waals surface area contributed by atoms with Crippen molar-refractivity contribution in [3.8, 4) is 0 Å². The minimum Gasteiger partial charge on any atom is -0.356 e. The van der Waals surface area contributed by atoms with Crippen LogP contribution in [0, 0.1) is 0 Å². The van der Waals surface area contributed by atoms with Gasteiger partial charge in [0.2, 0.25) is 5.13 Å². The Labute approximate surface area is 120 Å². The number of hydrogen-bond donors (Lipinski definition) is 1. The number of thioether (sulfide) groups is 1. The fraction of sp³-hybridized carbons (Fsp3) is 0.333. The van der Waals surface area contributed by atoms with Crippen LogP contribution in [-0.4, -0.2) is 16.0 Å². The van der Waals surface area contributed by atoms with Crippen molar-refractivity contribution >= 4 is 39.8 Å². The molecule has 0 amide bonds. The van der Waals surface area contributed by atoms with E-state index in [0.29, 0.717) is 6.54 Å². The van der Waals surface area contributed by atoms with E-state index in [2.05, 4.69) is 22.4 Å². The first-order valence-electron chi connectivity index (χ1n) is 5.73. The molecule has 2 rings (SSSR count). The minimum atomic E-state index is 0.673. The lowest BCUT2D eigenvalue weighted by Crippen LogP contribution is -1.99. The van der Waals surface area contributed by atoms with E-state index in [4.69, 9.17) is 11.6 Å². The predicted molar refractivity (Wildman–Crippen MR) is 79.7 cm³/mol. The lowest BCUT2D eigenvalue weighted by molar-refractivity contribution is 0.992. The number of aromatic nitrogens is 2. The van der Waals surface area contributed by atoms with Crippen molar-refractivity contribution in [3.05, 3.63) is 34.9 Å². The monoisotopic (exact) mass is 299 g/mol. The zero-order valence-corrected chi connectivity index (χ0v) is 12.4. The van der Waals surface area contributed by atoms with Crippen molar-refractivity contribution in [3.63, 3.8) is 0 Å². The molecule has 6 heteroatoms. The first kappa shape index (κ1) is 13.6. The van der Waals surface area contributed by atoms with E-state index in [-0.39, 0.29) is 0 Å². The molecule has 1 aromatic carbocycles. The van der Waals surface area contributed by atoms with Crippen molar-refractivity contribution in [1.82, 2.24) is 10.2 Å². The highest BCUT2D eigenvalue weighted by Crippen LogP contribution is 2.26. The van der Waals surface area contributed by atoms with E-state index >= 15 is 0 Å². The molecule has 0 saturated carbocycles. The van der Waals surface area contributed by atoms with Gasteiger partial charge in [0.1, 0.15) is 0 Å². The Balaban J connectivity index is 1.90. The number of halogens is 1. The van der Waals surface area contributed by atoms with Gasteiger partial charge in [0.25, 0.3) is 0 Å². The molecule has 1 aromatic heterocycles. The van der Waals surface area contributed by atoms with Crippen LogP contribution in [0.15, 0.2) is 28.6 Å². The van der Waals surface area contributed by atoms with Crippen molar-refractivity contribution in [2.75, 3.05) is 11.1 Å². The highest BCUT2D eigenvalue weighted by molar-refractivity contribution is 8.01. The van der Waals surface area contributed by atoms with Crippen LogP contribution in [0.4, 0.5) is 5.13 Å².